The molecule has 296 valence electrons. The Hall–Kier alpha value is -7.93. The number of hydrogen-bond acceptors (Lipinski definition) is 5. The minimum absolute atomic E-state index is 0.341. The van der Waals surface area contributed by atoms with Gasteiger partial charge in [0, 0.05) is 44.6 Å². The summed E-state index contributed by atoms with van der Waals surface area (Å²) in [6.45, 7) is 4.26. The van der Waals surface area contributed by atoms with Gasteiger partial charge in [-0.1, -0.05) is 146 Å². The van der Waals surface area contributed by atoms with Crippen LogP contribution >= 0.6 is 0 Å². The lowest BCUT2D eigenvalue weighted by Crippen LogP contribution is -2.86. The van der Waals surface area contributed by atoms with Gasteiger partial charge in [-0.3, -0.25) is 4.98 Å². The molecule has 10 rings (SSSR count). The number of rotatable bonds is 9. The Kier molecular flexibility index (Phi) is 10.5. The van der Waals surface area contributed by atoms with Crippen molar-refractivity contribution in [2.75, 3.05) is 0 Å². The van der Waals surface area contributed by atoms with E-state index in [1.807, 2.05) is 79.7 Å². The van der Waals surface area contributed by atoms with Crippen molar-refractivity contribution in [2.45, 2.75) is 19.9 Å². The van der Waals surface area contributed by atoms with Crippen LogP contribution < -0.4 is 5.32 Å². The van der Waals surface area contributed by atoms with Crippen LogP contribution in [0.4, 0.5) is 0 Å². The van der Waals surface area contributed by atoms with Crippen molar-refractivity contribution >= 4 is 5.70 Å². The van der Waals surface area contributed by atoms with Crippen LogP contribution in [0.15, 0.2) is 206 Å². The second kappa shape index (κ2) is 17.0. The fourth-order valence-corrected chi connectivity index (χ4v) is 8.05. The van der Waals surface area contributed by atoms with Crippen molar-refractivity contribution < 1.29 is 5.32 Å². The average Bonchev–Trinajstić information content (AvgIpc) is 3.34. The van der Waals surface area contributed by atoms with E-state index in [2.05, 4.69) is 146 Å². The van der Waals surface area contributed by atoms with Gasteiger partial charge in [0.05, 0.1) is 17.1 Å². The van der Waals surface area contributed by atoms with E-state index in [0.717, 1.165) is 84.0 Å². The van der Waals surface area contributed by atoms with E-state index in [4.69, 9.17) is 24.9 Å². The third kappa shape index (κ3) is 8.15. The topological polar surface area (TPSA) is 81.1 Å². The molecule has 0 radical (unpaired) electrons. The number of benzene rings is 6. The van der Waals surface area contributed by atoms with Gasteiger partial charge >= 0.3 is 0 Å². The molecule has 1 aliphatic heterocycles. The normalized spacial score (nSPS) is 13.5. The lowest BCUT2D eigenvalue weighted by molar-refractivity contribution is -0.588. The summed E-state index contributed by atoms with van der Waals surface area (Å²) in [5.74, 6) is 1.87. The van der Waals surface area contributed by atoms with Crippen LogP contribution in [0.2, 0.25) is 0 Å². The van der Waals surface area contributed by atoms with Gasteiger partial charge in [-0.15, -0.1) is 0 Å². The molecule has 0 aliphatic carbocycles. The van der Waals surface area contributed by atoms with E-state index in [1.165, 1.54) is 5.70 Å². The summed E-state index contributed by atoms with van der Waals surface area (Å²) in [5, 5.41) is 2.33. The van der Waals surface area contributed by atoms with Crippen molar-refractivity contribution in [3.05, 3.63) is 218 Å². The first-order valence-electron chi connectivity index (χ1n) is 21.0. The van der Waals surface area contributed by atoms with E-state index in [0.29, 0.717) is 23.5 Å². The first-order valence-corrected chi connectivity index (χ1v) is 21.0. The number of nitrogens with zero attached hydrogens (tertiary/aromatic N) is 5. The van der Waals surface area contributed by atoms with Crippen molar-refractivity contribution in [1.29, 1.82) is 0 Å². The predicted octanol–water partition coefficient (Wildman–Crippen LogP) is 12.2. The molecule has 1 unspecified atom stereocenters. The molecule has 3 aromatic heterocycles. The third-order valence-corrected chi connectivity index (χ3v) is 11.1. The Morgan fingerprint density at radius 2 is 0.887 bits per heavy atom. The molecule has 0 fully saturated rings. The van der Waals surface area contributed by atoms with Crippen LogP contribution in [0.1, 0.15) is 18.2 Å². The highest BCUT2D eigenvalue weighted by Gasteiger charge is 2.19. The summed E-state index contributed by atoms with van der Waals surface area (Å²) in [4.78, 5) is 25.3. The maximum Gasteiger partial charge on any atom is 0.164 e. The van der Waals surface area contributed by atoms with E-state index in [1.54, 1.807) is 0 Å². The summed E-state index contributed by atoms with van der Waals surface area (Å²) in [6, 6.07) is 65.4. The predicted molar refractivity (Wildman–Crippen MR) is 252 cm³/mol. The molecule has 0 amide bonds. The van der Waals surface area contributed by atoms with Crippen molar-refractivity contribution in [2.24, 2.45) is 0 Å². The van der Waals surface area contributed by atoms with Crippen molar-refractivity contribution in [1.82, 2.24) is 24.9 Å². The number of quaternary nitrogens is 1. The molecule has 6 heteroatoms. The number of pyridine rings is 2. The van der Waals surface area contributed by atoms with Crippen molar-refractivity contribution in [3.8, 4) is 90.2 Å². The second-order valence-corrected chi connectivity index (χ2v) is 15.7. The zero-order chi connectivity index (χ0) is 41.8. The fourth-order valence-electron chi connectivity index (χ4n) is 8.05. The second-order valence-electron chi connectivity index (χ2n) is 15.7. The van der Waals surface area contributed by atoms with E-state index in [-0.39, 0.29) is 0 Å². The molecule has 6 aromatic carbocycles. The maximum atomic E-state index is 5.40. The lowest BCUT2D eigenvalue weighted by atomic mass is 9.92. The molecule has 9 aromatic rings. The molecule has 2 N–H and O–H groups in total. The summed E-state index contributed by atoms with van der Waals surface area (Å²) < 4.78 is 0. The highest BCUT2D eigenvalue weighted by molar-refractivity contribution is 5.88. The number of allylic oxidation sites excluding steroid dienone is 2. The summed E-state index contributed by atoms with van der Waals surface area (Å²) in [7, 11) is 0. The number of aromatic nitrogens is 5. The summed E-state index contributed by atoms with van der Waals surface area (Å²) >= 11 is 0. The highest BCUT2D eigenvalue weighted by atomic mass is 15.0. The molecule has 1 aliphatic rings. The van der Waals surface area contributed by atoms with Crippen LogP contribution in [0, 0.1) is 6.92 Å². The summed E-state index contributed by atoms with van der Waals surface area (Å²) in [6.07, 6.45) is 6.58. The van der Waals surface area contributed by atoms with Gasteiger partial charge in [-0.25, -0.2) is 19.9 Å². The average molecular weight is 800 g/mol. The molecular weight excluding hydrogens is 757 g/mol. The zero-order valence-corrected chi connectivity index (χ0v) is 34.5. The molecule has 62 heavy (non-hydrogen) atoms. The third-order valence-electron chi connectivity index (χ3n) is 11.1. The number of aryl methyl sites for hydroxylation is 1. The first kappa shape index (κ1) is 38.3. The molecule has 1 atom stereocenters. The van der Waals surface area contributed by atoms with Crippen LogP contribution in [0.25, 0.3) is 95.9 Å². The largest absolute Gasteiger partial charge is 0.308 e. The molecule has 6 nitrogen and oxygen atoms in total. The van der Waals surface area contributed by atoms with E-state index in [9.17, 15) is 0 Å². The van der Waals surface area contributed by atoms with Gasteiger partial charge in [-0.05, 0) is 96.8 Å². The van der Waals surface area contributed by atoms with Crippen LogP contribution in [-0.4, -0.2) is 31.0 Å². The quantitative estimate of drug-likeness (QED) is 0.157. The first-order chi connectivity index (χ1) is 30.5. The van der Waals surface area contributed by atoms with Gasteiger partial charge in [-0.2, -0.15) is 0 Å². The van der Waals surface area contributed by atoms with E-state index >= 15 is 0 Å². The van der Waals surface area contributed by atoms with E-state index < -0.39 is 0 Å². The molecule has 0 saturated carbocycles. The molecule has 0 spiro atoms. The Balaban J connectivity index is 1.12. The smallest absolute Gasteiger partial charge is 0.164 e. The van der Waals surface area contributed by atoms with Gasteiger partial charge in [0.2, 0.25) is 0 Å². The standard InChI is InChI=1S/C56H42N6/c1-37-17-14-29-50(57-37)46-32-44(33-47(34-46)51-30-15-18-38(2)58-51)45-35-52(39-19-6-3-7-20-39)59-53(36-45)49-28-13-12-27-48(49)42-25-16-26-43(31-42)56-61-54(40-21-8-4-9-22-40)60-55(62-56)41-23-10-5-11-24-41/h3-37,57H,1-2H3/p+1. The molecular formula is C56H43N6+. The van der Waals surface area contributed by atoms with Crippen LogP contribution in [-0.2, 0) is 0 Å². The lowest BCUT2D eigenvalue weighted by Gasteiger charge is -2.17. The van der Waals surface area contributed by atoms with Gasteiger partial charge in [0.25, 0.3) is 0 Å². The van der Waals surface area contributed by atoms with Crippen LogP contribution in [0.5, 0.6) is 0 Å². The Morgan fingerprint density at radius 3 is 1.56 bits per heavy atom. The van der Waals surface area contributed by atoms with Crippen LogP contribution in [0.3, 0.4) is 0 Å². The number of nitrogens with two attached hydrogens (primary N) is 1. The highest BCUT2D eigenvalue weighted by Crippen LogP contribution is 2.38. The Morgan fingerprint density at radius 1 is 0.371 bits per heavy atom. The molecule has 4 heterocycles. The zero-order valence-electron chi connectivity index (χ0n) is 34.5. The van der Waals surface area contributed by atoms with Gasteiger partial charge in [0.1, 0.15) is 11.7 Å². The Labute approximate surface area is 362 Å². The minimum Gasteiger partial charge on any atom is -0.308 e. The SMILES string of the molecule is Cc1cccc(-c2cc(C3=CC=CC(C)[NH2+]3)cc(-c3cc(-c4ccccc4)nc(-c4ccccc4-c4cccc(-c5nc(-c6ccccc6)nc(-c6ccccc6)n5)c4)c3)c2)n1. The van der Waals surface area contributed by atoms with Crippen molar-refractivity contribution in [3.63, 3.8) is 0 Å². The Bertz CT molecular complexity index is 3060. The monoisotopic (exact) mass is 799 g/mol. The molecule has 0 bridgehead atoms. The fraction of sp³-hybridized carbons (Fsp3) is 0.0536. The maximum absolute atomic E-state index is 5.40. The molecule has 0 saturated heterocycles. The minimum atomic E-state index is 0.341. The van der Waals surface area contributed by atoms with Gasteiger partial charge < -0.3 is 5.32 Å². The number of hydrogen-bond donors (Lipinski definition) is 1. The summed E-state index contributed by atoms with van der Waals surface area (Å²) in [5.41, 5.74) is 16.2. The van der Waals surface area contributed by atoms with Gasteiger partial charge in [0.15, 0.2) is 17.5 Å².